The molecule has 114 valence electrons. The topological polar surface area (TPSA) is 45.8 Å². The molecule has 0 aliphatic heterocycles. The first-order chi connectivity index (χ1) is 10.2. The van der Waals surface area contributed by atoms with E-state index >= 15 is 0 Å². The molecule has 4 nitrogen and oxygen atoms in total. The second-order valence-corrected chi connectivity index (χ2v) is 4.82. The lowest BCUT2D eigenvalue weighted by atomic mass is 10.2. The number of benzene rings is 1. The van der Waals surface area contributed by atoms with Gasteiger partial charge in [0.1, 0.15) is 23.9 Å². The van der Waals surface area contributed by atoms with E-state index in [0.717, 1.165) is 5.76 Å². The molecule has 0 saturated carbocycles. The van der Waals surface area contributed by atoms with Gasteiger partial charge < -0.3 is 14.3 Å². The van der Waals surface area contributed by atoms with Gasteiger partial charge in [0.2, 0.25) is 0 Å². The lowest BCUT2D eigenvalue weighted by Gasteiger charge is -2.21. The Morgan fingerprint density at radius 3 is 2.57 bits per heavy atom. The average molecular weight is 293 g/mol. The second-order valence-electron chi connectivity index (χ2n) is 4.82. The van der Waals surface area contributed by atoms with E-state index in [-0.39, 0.29) is 12.4 Å². The number of hydrogen-bond donors (Lipinski definition) is 1. The summed E-state index contributed by atoms with van der Waals surface area (Å²) in [5.74, 6) is 1.06. The molecule has 0 aliphatic carbocycles. The van der Waals surface area contributed by atoms with E-state index < -0.39 is 0 Å². The predicted molar refractivity (Wildman–Crippen MR) is 77.0 cm³/mol. The van der Waals surface area contributed by atoms with Crippen LogP contribution in [0.4, 0.5) is 4.39 Å². The summed E-state index contributed by atoms with van der Waals surface area (Å²) in [5, 5.41) is 9.02. The summed E-state index contributed by atoms with van der Waals surface area (Å²) in [6.07, 6.45) is 0. The molecule has 0 saturated heterocycles. The minimum Gasteiger partial charge on any atom is -0.462 e. The standard InChI is InChI=1S/C16H20FNO3/c1-20-9-8-18(10-13-4-2-3-5-16(13)17)11-14-6-7-15(12-19)21-14/h2-7,19H,8-12H2,1H3. The van der Waals surface area contributed by atoms with Gasteiger partial charge in [-0.1, -0.05) is 18.2 Å². The number of aliphatic hydroxyl groups is 1. The SMILES string of the molecule is COCCN(Cc1ccc(CO)o1)Cc1ccccc1F. The molecule has 1 N–H and O–H groups in total. The van der Waals surface area contributed by atoms with Crippen LogP contribution in [0.5, 0.6) is 0 Å². The van der Waals surface area contributed by atoms with Crippen molar-refractivity contribution in [3.05, 3.63) is 59.3 Å². The third-order valence-electron chi connectivity index (χ3n) is 3.22. The van der Waals surface area contributed by atoms with E-state index in [1.807, 2.05) is 17.0 Å². The number of aliphatic hydroxyl groups excluding tert-OH is 1. The Morgan fingerprint density at radius 2 is 1.90 bits per heavy atom. The minimum atomic E-state index is -0.213. The first kappa shape index (κ1) is 15.7. The highest BCUT2D eigenvalue weighted by molar-refractivity contribution is 5.17. The van der Waals surface area contributed by atoms with Crippen molar-refractivity contribution in [1.29, 1.82) is 0 Å². The summed E-state index contributed by atoms with van der Waals surface area (Å²) >= 11 is 0. The van der Waals surface area contributed by atoms with Crippen LogP contribution in [-0.2, 0) is 24.4 Å². The van der Waals surface area contributed by atoms with Gasteiger partial charge in [-0.3, -0.25) is 4.90 Å². The van der Waals surface area contributed by atoms with Crippen molar-refractivity contribution < 1.29 is 18.7 Å². The molecular formula is C16H20FNO3. The zero-order valence-electron chi connectivity index (χ0n) is 12.1. The molecule has 1 aromatic heterocycles. The fourth-order valence-electron chi connectivity index (χ4n) is 2.11. The van der Waals surface area contributed by atoms with E-state index in [0.29, 0.717) is 37.6 Å². The van der Waals surface area contributed by atoms with Crippen LogP contribution >= 0.6 is 0 Å². The summed E-state index contributed by atoms with van der Waals surface area (Å²) in [6, 6.07) is 10.3. The number of nitrogens with zero attached hydrogens (tertiary/aromatic N) is 1. The molecule has 0 unspecified atom stereocenters. The molecular weight excluding hydrogens is 273 g/mol. The first-order valence-electron chi connectivity index (χ1n) is 6.86. The third kappa shape index (κ3) is 4.67. The van der Waals surface area contributed by atoms with Gasteiger partial charge in [-0.25, -0.2) is 4.39 Å². The smallest absolute Gasteiger partial charge is 0.129 e. The monoisotopic (exact) mass is 293 g/mol. The number of hydrogen-bond acceptors (Lipinski definition) is 4. The number of furan rings is 1. The first-order valence-corrected chi connectivity index (χ1v) is 6.86. The summed E-state index contributed by atoms with van der Waals surface area (Å²) in [7, 11) is 1.64. The molecule has 0 atom stereocenters. The van der Waals surface area contributed by atoms with Crippen LogP contribution in [0.1, 0.15) is 17.1 Å². The Morgan fingerprint density at radius 1 is 1.14 bits per heavy atom. The van der Waals surface area contributed by atoms with Crippen LogP contribution in [0, 0.1) is 5.82 Å². The fraction of sp³-hybridized carbons (Fsp3) is 0.375. The summed E-state index contributed by atoms with van der Waals surface area (Å²) in [4.78, 5) is 2.04. The Kier molecular flexibility index (Phi) is 5.92. The Labute approximate surface area is 123 Å². The molecule has 0 fully saturated rings. The van der Waals surface area contributed by atoms with Crippen molar-refractivity contribution >= 4 is 0 Å². The number of ether oxygens (including phenoxy) is 1. The third-order valence-corrected chi connectivity index (χ3v) is 3.22. The maximum absolute atomic E-state index is 13.8. The van der Waals surface area contributed by atoms with Gasteiger partial charge in [0.05, 0.1) is 13.2 Å². The van der Waals surface area contributed by atoms with Crippen LogP contribution in [0.25, 0.3) is 0 Å². The van der Waals surface area contributed by atoms with Crippen molar-refractivity contribution in [3.63, 3.8) is 0 Å². The maximum Gasteiger partial charge on any atom is 0.129 e. The van der Waals surface area contributed by atoms with Crippen molar-refractivity contribution in [2.24, 2.45) is 0 Å². The van der Waals surface area contributed by atoms with Gasteiger partial charge in [0.15, 0.2) is 0 Å². The zero-order valence-corrected chi connectivity index (χ0v) is 12.1. The normalized spacial score (nSPS) is 11.2. The molecule has 2 aromatic rings. The van der Waals surface area contributed by atoms with Gasteiger partial charge >= 0.3 is 0 Å². The minimum absolute atomic E-state index is 0.120. The molecule has 0 bridgehead atoms. The van der Waals surface area contributed by atoms with Gasteiger partial charge in [0, 0.05) is 25.8 Å². The van der Waals surface area contributed by atoms with Crippen molar-refractivity contribution in [2.75, 3.05) is 20.3 Å². The Balaban J connectivity index is 2.05. The fourth-order valence-corrected chi connectivity index (χ4v) is 2.11. The van der Waals surface area contributed by atoms with Gasteiger partial charge in [-0.05, 0) is 18.2 Å². The van der Waals surface area contributed by atoms with E-state index in [4.69, 9.17) is 14.3 Å². The molecule has 5 heteroatoms. The highest BCUT2D eigenvalue weighted by Crippen LogP contribution is 2.15. The lowest BCUT2D eigenvalue weighted by molar-refractivity contribution is 0.133. The molecule has 0 radical (unpaired) electrons. The van der Waals surface area contributed by atoms with Crippen LogP contribution in [0.15, 0.2) is 40.8 Å². The van der Waals surface area contributed by atoms with Crippen LogP contribution in [0.3, 0.4) is 0 Å². The number of methoxy groups -OCH3 is 1. The molecule has 1 aromatic carbocycles. The van der Waals surface area contributed by atoms with Gasteiger partial charge in [0.25, 0.3) is 0 Å². The summed E-state index contributed by atoms with van der Waals surface area (Å²) in [5.41, 5.74) is 0.641. The van der Waals surface area contributed by atoms with Crippen LogP contribution in [-0.4, -0.2) is 30.3 Å². The lowest BCUT2D eigenvalue weighted by Crippen LogP contribution is -2.26. The van der Waals surface area contributed by atoms with Crippen molar-refractivity contribution in [2.45, 2.75) is 19.7 Å². The van der Waals surface area contributed by atoms with Crippen molar-refractivity contribution in [3.8, 4) is 0 Å². The largest absolute Gasteiger partial charge is 0.462 e. The average Bonchev–Trinajstić information content (AvgIpc) is 2.94. The Hall–Kier alpha value is -1.69. The van der Waals surface area contributed by atoms with Crippen molar-refractivity contribution in [1.82, 2.24) is 4.90 Å². The molecule has 1 heterocycles. The van der Waals surface area contributed by atoms with Gasteiger partial charge in [-0.15, -0.1) is 0 Å². The maximum atomic E-state index is 13.8. The second kappa shape index (κ2) is 7.93. The highest BCUT2D eigenvalue weighted by atomic mass is 19.1. The van der Waals surface area contributed by atoms with E-state index in [2.05, 4.69) is 0 Å². The molecule has 0 spiro atoms. The number of rotatable bonds is 8. The molecule has 2 rings (SSSR count). The predicted octanol–water partition coefficient (Wildman–Crippen LogP) is 2.56. The van der Waals surface area contributed by atoms with Gasteiger partial charge in [-0.2, -0.15) is 0 Å². The molecule has 21 heavy (non-hydrogen) atoms. The molecule has 0 aliphatic rings. The van der Waals surface area contributed by atoms with Crippen LogP contribution in [0.2, 0.25) is 0 Å². The summed E-state index contributed by atoms with van der Waals surface area (Å²) in [6.45, 7) is 2.12. The van der Waals surface area contributed by atoms with Crippen LogP contribution < -0.4 is 0 Å². The zero-order chi connectivity index (χ0) is 15.1. The van der Waals surface area contributed by atoms with E-state index in [1.165, 1.54) is 6.07 Å². The molecule has 0 amide bonds. The van der Waals surface area contributed by atoms with E-state index in [1.54, 1.807) is 25.3 Å². The number of halogens is 1. The quantitative estimate of drug-likeness (QED) is 0.812. The Bertz CT molecular complexity index is 556. The highest BCUT2D eigenvalue weighted by Gasteiger charge is 2.12. The summed E-state index contributed by atoms with van der Waals surface area (Å²) < 4.78 is 24.3. The van der Waals surface area contributed by atoms with E-state index in [9.17, 15) is 4.39 Å².